The summed E-state index contributed by atoms with van der Waals surface area (Å²) in [6.45, 7) is 2.26. The van der Waals surface area contributed by atoms with Gasteiger partial charge in [-0.05, 0) is 30.5 Å². The maximum absolute atomic E-state index is 10.8. The summed E-state index contributed by atoms with van der Waals surface area (Å²) in [5.41, 5.74) is 1.81. The zero-order valence-electron chi connectivity index (χ0n) is 10.4. The molecule has 0 spiro atoms. The Balaban J connectivity index is 1.85. The molecule has 0 bridgehead atoms. The van der Waals surface area contributed by atoms with E-state index in [1.54, 1.807) is 0 Å². The van der Waals surface area contributed by atoms with Crippen molar-refractivity contribution in [1.82, 2.24) is 5.32 Å². The predicted molar refractivity (Wildman–Crippen MR) is 68.5 cm³/mol. The van der Waals surface area contributed by atoms with Gasteiger partial charge in [0.15, 0.2) is 0 Å². The van der Waals surface area contributed by atoms with E-state index in [2.05, 4.69) is 5.32 Å². The molecule has 1 unspecified atom stereocenters. The first-order valence-corrected chi connectivity index (χ1v) is 6.35. The van der Waals surface area contributed by atoms with Gasteiger partial charge in [-0.15, -0.1) is 0 Å². The van der Waals surface area contributed by atoms with E-state index in [4.69, 9.17) is 9.84 Å². The molecule has 0 aromatic heterocycles. The third-order valence-electron chi connectivity index (χ3n) is 3.20. The molecule has 1 saturated heterocycles. The molecule has 0 amide bonds. The molecule has 4 heteroatoms. The Kier molecular flexibility index (Phi) is 4.73. The van der Waals surface area contributed by atoms with Gasteiger partial charge in [-0.25, -0.2) is 0 Å². The zero-order chi connectivity index (χ0) is 12.8. The minimum absolute atomic E-state index is 0.0568. The minimum atomic E-state index is -0.806. The van der Waals surface area contributed by atoms with Crippen molar-refractivity contribution in [2.45, 2.75) is 31.9 Å². The number of benzene rings is 1. The van der Waals surface area contributed by atoms with Gasteiger partial charge in [0, 0.05) is 6.04 Å². The Labute approximate surface area is 107 Å². The Morgan fingerprint density at radius 2 is 2.17 bits per heavy atom. The van der Waals surface area contributed by atoms with Crippen molar-refractivity contribution in [3.63, 3.8) is 0 Å². The van der Waals surface area contributed by atoms with Crippen molar-refractivity contribution in [3.8, 4) is 0 Å². The number of aliphatic carboxylic acids is 1. The number of carboxylic acids is 1. The average molecular weight is 249 g/mol. The highest BCUT2D eigenvalue weighted by molar-refractivity contribution is 5.70. The summed E-state index contributed by atoms with van der Waals surface area (Å²) in [5.74, 6) is -0.806. The summed E-state index contributed by atoms with van der Waals surface area (Å²) >= 11 is 0. The maximum atomic E-state index is 10.8. The molecule has 1 aromatic carbocycles. The van der Waals surface area contributed by atoms with Crippen LogP contribution >= 0.6 is 0 Å². The Morgan fingerprint density at radius 1 is 1.39 bits per heavy atom. The van der Waals surface area contributed by atoms with Crippen molar-refractivity contribution in [1.29, 1.82) is 0 Å². The highest BCUT2D eigenvalue weighted by Crippen LogP contribution is 2.12. The fourth-order valence-electron chi connectivity index (χ4n) is 2.24. The van der Waals surface area contributed by atoms with Gasteiger partial charge >= 0.3 is 5.97 Å². The van der Waals surface area contributed by atoms with Crippen molar-refractivity contribution in [3.05, 3.63) is 35.4 Å². The number of carboxylic acid groups (broad SMARTS) is 1. The first-order valence-electron chi connectivity index (χ1n) is 6.35. The predicted octanol–water partition coefficient (Wildman–Crippen LogP) is 1.58. The van der Waals surface area contributed by atoms with E-state index in [0.717, 1.165) is 24.1 Å². The van der Waals surface area contributed by atoms with Crippen molar-refractivity contribution in [2.75, 3.05) is 13.2 Å². The van der Waals surface area contributed by atoms with Crippen LogP contribution in [0.25, 0.3) is 0 Å². The second kappa shape index (κ2) is 6.52. The standard InChI is InChI=1S/C14H19NO3/c16-14(17)8-11-4-1-2-5-12(11)9-18-10-13-6-3-7-15-13/h1-2,4-5,13,15H,3,6-10H2,(H,16,17). The van der Waals surface area contributed by atoms with Crippen LogP contribution in [-0.2, 0) is 22.6 Å². The molecule has 0 aliphatic carbocycles. The molecule has 1 aliphatic rings. The molecular formula is C14H19NO3. The lowest BCUT2D eigenvalue weighted by atomic mass is 10.1. The molecule has 1 fully saturated rings. The minimum Gasteiger partial charge on any atom is -0.481 e. The SMILES string of the molecule is O=C(O)Cc1ccccc1COCC1CCCN1. The average Bonchev–Trinajstić information content (AvgIpc) is 2.84. The first-order chi connectivity index (χ1) is 8.75. The Bertz CT molecular complexity index is 400. The number of hydrogen-bond acceptors (Lipinski definition) is 3. The topological polar surface area (TPSA) is 58.6 Å². The van der Waals surface area contributed by atoms with Crippen LogP contribution in [0.2, 0.25) is 0 Å². The molecule has 1 heterocycles. The van der Waals surface area contributed by atoms with Crippen LogP contribution in [0.3, 0.4) is 0 Å². The molecule has 18 heavy (non-hydrogen) atoms. The molecule has 2 rings (SSSR count). The quantitative estimate of drug-likeness (QED) is 0.803. The van der Waals surface area contributed by atoms with E-state index in [9.17, 15) is 4.79 Å². The molecule has 0 saturated carbocycles. The van der Waals surface area contributed by atoms with Gasteiger partial charge in [0.2, 0.25) is 0 Å². The summed E-state index contributed by atoms with van der Waals surface area (Å²) in [5, 5.41) is 12.2. The van der Waals surface area contributed by atoms with Crippen LogP contribution in [0.15, 0.2) is 24.3 Å². The van der Waals surface area contributed by atoms with E-state index >= 15 is 0 Å². The van der Waals surface area contributed by atoms with Crippen molar-refractivity contribution < 1.29 is 14.6 Å². The zero-order valence-corrected chi connectivity index (χ0v) is 10.4. The summed E-state index contributed by atoms with van der Waals surface area (Å²) in [6.07, 6.45) is 2.43. The molecule has 2 N–H and O–H groups in total. The summed E-state index contributed by atoms with van der Waals surface area (Å²) < 4.78 is 5.67. The van der Waals surface area contributed by atoms with E-state index in [0.29, 0.717) is 19.3 Å². The second-order valence-electron chi connectivity index (χ2n) is 4.65. The Hall–Kier alpha value is -1.39. The van der Waals surface area contributed by atoms with Gasteiger partial charge in [-0.3, -0.25) is 4.79 Å². The van der Waals surface area contributed by atoms with Gasteiger partial charge in [-0.2, -0.15) is 0 Å². The third-order valence-corrected chi connectivity index (χ3v) is 3.20. The van der Waals surface area contributed by atoms with E-state index in [1.807, 2.05) is 24.3 Å². The maximum Gasteiger partial charge on any atom is 0.307 e. The number of hydrogen-bond donors (Lipinski definition) is 2. The van der Waals surface area contributed by atoms with Crippen LogP contribution in [0.1, 0.15) is 24.0 Å². The molecule has 4 nitrogen and oxygen atoms in total. The molecule has 98 valence electrons. The van der Waals surface area contributed by atoms with Crippen molar-refractivity contribution in [2.24, 2.45) is 0 Å². The molecule has 1 atom stereocenters. The highest BCUT2D eigenvalue weighted by atomic mass is 16.5. The lowest BCUT2D eigenvalue weighted by Crippen LogP contribution is -2.26. The number of nitrogens with one attached hydrogen (secondary N) is 1. The fourth-order valence-corrected chi connectivity index (χ4v) is 2.24. The van der Waals surface area contributed by atoms with Crippen LogP contribution in [0, 0.1) is 0 Å². The van der Waals surface area contributed by atoms with E-state index in [-0.39, 0.29) is 6.42 Å². The molecule has 1 aromatic rings. The molecular weight excluding hydrogens is 230 g/mol. The molecule has 1 aliphatic heterocycles. The lowest BCUT2D eigenvalue weighted by molar-refractivity contribution is -0.136. The summed E-state index contributed by atoms with van der Waals surface area (Å²) in [7, 11) is 0. The highest BCUT2D eigenvalue weighted by Gasteiger charge is 2.14. The summed E-state index contributed by atoms with van der Waals surface area (Å²) in [4.78, 5) is 10.8. The van der Waals surface area contributed by atoms with Gasteiger partial charge in [0.05, 0.1) is 19.6 Å². The van der Waals surface area contributed by atoms with Crippen molar-refractivity contribution >= 4 is 5.97 Å². The second-order valence-corrected chi connectivity index (χ2v) is 4.65. The number of rotatable bonds is 6. The fraction of sp³-hybridized carbons (Fsp3) is 0.500. The van der Waals surface area contributed by atoms with Gasteiger partial charge in [-0.1, -0.05) is 24.3 Å². The van der Waals surface area contributed by atoms with Gasteiger partial charge in [0.25, 0.3) is 0 Å². The van der Waals surface area contributed by atoms with Gasteiger partial charge in [0.1, 0.15) is 0 Å². The first kappa shape index (κ1) is 13.1. The van der Waals surface area contributed by atoms with Crippen LogP contribution in [-0.4, -0.2) is 30.3 Å². The Morgan fingerprint density at radius 3 is 2.83 bits per heavy atom. The molecule has 0 radical (unpaired) electrons. The third kappa shape index (κ3) is 3.82. The smallest absolute Gasteiger partial charge is 0.307 e. The normalized spacial score (nSPS) is 19.0. The largest absolute Gasteiger partial charge is 0.481 e. The number of ether oxygens (including phenoxy) is 1. The van der Waals surface area contributed by atoms with E-state index < -0.39 is 5.97 Å². The van der Waals surface area contributed by atoms with Crippen LogP contribution < -0.4 is 5.32 Å². The monoisotopic (exact) mass is 249 g/mol. The number of carbonyl (C=O) groups is 1. The van der Waals surface area contributed by atoms with Gasteiger partial charge < -0.3 is 15.2 Å². The lowest BCUT2D eigenvalue weighted by Gasteiger charge is -2.12. The van der Waals surface area contributed by atoms with Crippen LogP contribution in [0.4, 0.5) is 0 Å². The van der Waals surface area contributed by atoms with E-state index in [1.165, 1.54) is 6.42 Å². The summed E-state index contributed by atoms with van der Waals surface area (Å²) in [6, 6.07) is 8.01. The van der Waals surface area contributed by atoms with Crippen LogP contribution in [0.5, 0.6) is 0 Å².